The quantitative estimate of drug-likeness (QED) is 0.323. The highest BCUT2D eigenvalue weighted by Crippen LogP contribution is 1.95. The minimum atomic E-state index is -1.51. The number of rotatable bonds is 7. The molecule has 2 amide bonds. The number of hydrogen-bond acceptors (Lipinski definition) is 5. The minimum absolute atomic E-state index is 0.596. The third-order valence-electron chi connectivity index (χ3n) is 1.75. The molecular weight excluding hydrogens is 234 g/mol. The lowest BCUT2D eigenvalue weighted by Crippen LogP contribution is -2.50. The van der Waals surface area contributed by atoms with Crippen molar-refractivity contribution in [3.05, 3.63) is 0 Å². The van der Waals surface area contributed by atoms with Crippen LogP contribution in [0, 0.1) is 0 Å². The first-order chi connectivity index (χ1) is 7.73. The molecule has 0 aliphatic carbocycles. The summed E-state index contributed by atoms with van der Waals surface area (Å²) in [7, 11) is 0. The lowest BCUT2D eigenvalue weighted by atomic mass is 10.1. The van der Waals surface area contributed by atoms with Crippen LogP contribution in [0.5, 0.6) is 0 Å². The molecule has 0 heterocycles. The highest BCUT2D eigenvalue weighted by atomic mass is 16.4. The van der Waals surface area contributed by atoms with Gasteiger partial charge in [0.05, 0.1) is 18.9 Å². The molecule has 9 heteroatoms. The van der Waals surface area contributed by atoms with Crippen molar-refractivity contribution >= 4 is 23.8 Å². The van der Waals surface area contributed by atoms with E-state index in [4.69, 9.17) is 21.7 Å². The lowest BCUT2D eigenvalue weighted by molar-refractivity contribution is -0.144. The summed E-state index contributed by atoms with van der Waals surface area (Å²) in [4.78, 5) is 42.7. The van der Waals surface area contributed by atoms with E-state index in [-0.39, 0.29) is 0 Å². The van der Waals surface area contributed by atoms with E-state index in [0.29, 0.717) is 0 Å². The first-order valence-corrected chi connectivity index (χ1v) is 4.53. The van der Waals surface area contributed by atoms with Crippen LogP contribution in [0.3, 0.4) is 0 Å². The van der Waals surface area contributed by atoms with Gasteiger partial charge in [0.1, 0.15) is 6.04 Å². The average molecular weight is 247 g/mol. The molecule has 0 bridgehead atoms. The van der Waals surface area contributed by atoms with Crippen LogP contribution in [-0.2, 0) is 19.2 Å². The molecule has 0 saturated heterocycles. The second-order valence-electron chi connectivity index (χ2n) is 3.27. The van der Waals surface area contributed by atoms with Crippen molar-refractivity contribution in [1.29, 1.82) is 0 Å². The van der Waals surface area contributed by atoms with E-state index in [0.717, 1.165) is 0 Å². The SMILES string of the molecule is NC(=O)C[C@@H](NC(=O)[C@H](N)CC(=O)O)C(=O)O. The van der Waals surface area contributed by atoms with Gasteiger partial charge in [0.25, 0.3) is 0 Å². The number of carboxylic acids is 2. The van der Waals surface area contributed by atoms with Crippen LogP contribution in [0.15, 0.2) is 0 Å². The number of aliphatic carboxylic acids is 2. The van der Waals surface area contributed by atoms with Gasteiger partial charge in [0.2, 0.25) is 11.8 Å². The Morgan fingerprint density at radius 3 is 2.00 bits per heavy atom. The molecule has 0 aliphatic rings. The number of carbonyl (C=O) groups is 4. The second kappa shape index (κ2) is 6.43. The largest absolute Gasteiger partial charge is 0.481 e. The lowest BCUT2D eigenvalue weighted by Gasteiger charge is -2.15. The molecule has 96 valence electrons. The average Bonchev–Trinajstić information content (AvgIpc) is 2.14. The van der Waals surface area contributed by atoms with E-state index in [1.54, 1.807) is 0 Å². The summed E-state index contributed by atoms with van der Waals surface area (Å²) < 4.78 is 0. The standard InChI is InChI=1S/C8H13N3O6/c9-3(1-6(13)14)7(15)11-4(8(16)17)2-5(10)12/h3-4H,1-2,9H2,(H2,10,12)(H,11,15)(H,13,14)(H,16,17)/t3-,4-/m1/s1. The maximum absolute atomic E-state index is 11.3. The number of carboxylic acid groups (broad SMARTS) is 2. The van der Waals surface area contributed by atoms with Crippen molar-refractivity contribution in [3.63, 3.8) is 0 Å². The smallest absolute Gasteiger partial charge is 0.326 e. The Kier molecular flexibility index (Phi) is 5.61. The van der Waals surface area contributed by atoms with Crippen LogP contribution in [0.1, 0.15) is 12.8 Å². The van der Waals surface area contributed by atoms with Gasteiger partial charge < -0.3 is 27.0 Å². The number of hydrogen-bond donors (Lipinski definition) is 5. The van der Waals surface area contributed by atoms with E-state index >= 15 is 0 Å². The van der Waals surface area contributed by atoms with Crippen LogP contribution in [-0.4, -0.2) is 46.0 Å². The number of carbonyl (C=O) groups excluding carboxylic acids is 2. The fourth-order valence-electron chi connectivity index (χ4n) is 0.961. The zero-order valence-corrected chi connectivity index (χ0v) is 8.75. The summed E-state index contributed by atoms with van der Waals surface area (Å²) in [6.07, 6.45) is -1.24. The molecule has 9 nitrogen and oxygen atoms in total. The summed E-state index contributed by atoms with van der Waals surface area (Å²) in [5.74, 6) is -4.64. The number of amides is 2. The van der Waals surface area contributed by atoms with Crippen LogP contribution < -0.4 is 16.8 Å². The van der Waals surface area contributed by atoms with Crippen LogP contribution in [0.25, 0.3) is 0 Å². The van der Waals surface area contributed by atoms with E-state index in [1.165, 1.54) is 0 Å². The maximum Gasteiger partial charge on any atom is 0.326 e. The van der Waals surface area contributed by atoms with Crippen LogP contribution in [0.4, 0.5) is 0 Å². The summed E-state index contributed by atoms with van der Waals surface area (Å²) in [6, 6.07) is -2.90. The van der Waals surface area contributed by atoms with E-state index in [9.17, 15) is 19.2 Å². The summed E-state index contributed by atoms with van der Waals surface area (Å²) in [5, 5.41) is 19.0. The van der Waals surface area contributed by atoms with E-state index < -0.39 is 48.7 Å². The normalized spacial score (nSPS) is 13.5. The molecular formula is C8H13N3O6. The molecule has 0 aromatic carbocycles. The monoisotopic (exact) mass is 247 g/mol. The van der Waals surface area contributed by atoms with Crippen molar-refractivity contribution in [2.45, 2.75) is 24.9 Å². The molecule has 2 atom stereocenters. The minimum Gasteiger partial charge on any atom is -0.481 e. The fraction of sp³-hybridized carbons (Fsp3) is 0.500. The fourth-order valence-corrected chi connectivity index (χ4v) is 0.961. The van der Waals surface area contributed by atoms with Crippen LogP contribution >= 0.6 is 0 Å². The molecule has 0 aliphatic heterocycles. The molecule has 0 fully saturated rings. The third-order valence-corrected chi connectivity index (χ3v) is 1.75. The van der Waals surface area contributed by atoms with Gasteiger partial charge in [-0.05, 0) is 0 Å². The Bertz CT molecular complexity index is 342. The topological polar surface area (TPSA) is 173 Å². The van der Waals surface area contributed by atoms with Gasteiger partial charge in [-0.25, -0.2) is 4.79 Å². The Labute approximate surface area is 95.8 Å². The summed E-state index contributed by atoms with van der Waals surface area (Å²) >= 11 is 0. The molecule has 0 rings (SSSR count). The van der Waals surface area contributed by atoms with Crippen LogP contribution in [0.2, 0.25) is 0 Å². The van der Waals surface area contributed by atoms with Crippen molar-refractivity contribution in [3.8, 4) is 0 Å². The molecule has 0 unspecified atom stereocenters. The summed E-state index contributed by atoms with van der Waals surface area (Å²) in [6.45, 7) is 0. The van der Waals surface area contributed by atoms with Crippen molar-refractivity contribution in [2.75, 3.05) is 0 Å². The Morgan fingerprint density at radius 1 is 1.12 bits per heavy atom. The Hall–Kier alpha value is -2.16. The summed E-state index contributed by atoms with van der Waals surface area (Å²) in [5.41, 5.74) is 9.98. The van der Waals surface area contributed by atoms with Gasteiger partial charge in [-0.15, -0.1) is 0 Å². The number of primary amides is 1. The van der Waals surface area contributed by atoms with Gasteiger partial charge in [-0.1, -0.05) is 0 Å². The maximum atomic E-state index is 11.3. The van der Waals surface area contributed by atoms with Gasteiger partial charge in [0.15, 0.2) is 0 Å². The Balaban J connectivity index is 4.44. The Morgan fingerprint density at radius 2 is 1.65 bits per heavy atom. The zero-order chi connectivity index (χ0) is 13.6. The highest BCUT2D eigenvalue weighted by molar-refractivity contribution is 5.91. The molecule has 0 aromatic rings. The highest BCUT2D eigenvalue weighted by Gasteiger charge is 2.25. The van der Waals surface area contributed by atoms with Gasteiger partial charge in [0, 0.05) is 0 Å². The van der Waals surface area contributed by atoms with E-state index in [2.05, 4.69) is 0 Å². The molecule has 0 aromatic heterocycles. The van der Waals surface area contributed by atoms with Crippen molar-refractivity contribution in [1.82, 2.24) is 5.32 Å². The molecule has 7 N–H and O–H groups in total. The van der Waals surface area contributed by atoms with Gasteiger partial charge in [-0.3, -0.25) is 14.4 Å². The molecule has 0 spiro atoms. The first kappa shape index (κ1) is 14.8. The zero-order valence-electron chi connectivity index (χ0n) is 8.75. The number of nitrogens with one attached hydrogen (secondary N) is 1. The second-order valence-corrected chi connectivity index (χ2v) is 3.27. The van der Waals surface area contributed by atoms with Gasteiger partial charge in [-0.2, -0.15) is 0 Å². The van der Waals surface area contributed by atoms with E-state index in [1.807, 2.05) is 5.32 Å². The molecule has 17 heavy (non-hydrogen) atoms. The van der Waals surface area contributed by atoms with Gasteiger partial charge >= 0.3 is 11.9 Å². The van der Waals surface area contributed by atoms with Crippen molar-refractivity contribution in [2.24, 2.45) is 11.5 Å². The van der Waals surface area contributed by atoms with Crippen molar-refractivity contribution < 1.29 is 29.4 Å². The molecule has 0 saturated carbocycles. The predicted octanol–water partition coefficient (Wildman–Crippen LogP) is -2.77. The molecule has 0 radical (unpaired) electrons. The first-order valence-electron chi connectivity index (χ1n) is 4.53. The third kappa shape index (κ3) is 6.10. The predicted molar refractivity (Wildman–Crippen MR) is 53.6 cm³/mol. The number of nitrogens with two attached hydrogens (primary N) is 2.